The fourth-order valence-corrected chi connectivity index (χ4v) is 14.0. The number of hydrogen-bond donors (Lipinski definition) is 3. The Bertz CT molecular complexity index is 1890. The summed E-state index contributed by atoms with van der Waals surface area (Å²) in [5.41, 5.74) is -2.94. The van der Waals surface area contributed by atoms with Gasteiger partial charge in [0.2, 0.25) is 17.7 Å². The van der Waals surface area contributed by atoms with Crippen molar-refractivity contribution in [2.45, 2.75) is 174 Å². The van der Waals surface area contributed by atoms with Gasteiger partial charge in [-0.25, -0.2) is 9.52 Å². The average molecular weight is 855 g/mol. The lowest BCUT2D eigenvalue weighted by molar-refractivity contribution is -0.486. The van der Waals surface area contributed by atoms with Gasteiger partial charge in [-0.15, -0.1) is 6.58 Å². The lowest BCUT2D eigenvalue weighted by Gasteiger charge is -2.39. The highest BCUT2D eigenvalue weighted by Gasteiger charge is 2.86. The largest absolute Gasteiger partial charge is 0.409 e. The first-order chi connectivity index (χ1) is 28.1. The second-order valence-electron chi connectivity index (χ2n) is 21.3. The zero-order valence-corrected chi connectivity index (χ0v) is 38.1. The van der Waals surface area contributed by atoms with E-state index < -0.39 is 68.8 Å². The molecule has 334 valence electrons. The zero-order chi connectivity index (χ0) is 43.8. The Morgan fingerprint density at radius 1 is 0.833 bits per heavy atom. The quantitative estimate of drug-likeness (QED) is 0.143. The number of carbonyl (C=O) groups excluding carboxylic acids is 5. The van der Waals surface area contributed by atoms with Crippen LogP contribution in [0.15, 0.2) is 12.7 Å². The third-order valence-electron chi connectivity index (χ3n) is 16.8. The van der Waals surface area contributed by atoms with E-state index in [1.807, 2.05) is 20.8 Å². The van der Waals surface area contributed by atoms with Gasteiger partial charge in [-0.2, -0.15) is 17.3 Å². The third kappa shape index (κ3) is 7.17. The first-order valence-electron chi connectivity index (χ1n) is 22.9. The van der Waals surface area contributed by atoms with Crippen LogP contribution in [-0.2, 0) is 34.2 Å². The molecule has 15 heteroatoms. The van der Waals surface area contributed by atoms with E-state index in [9.17, 15) is 22.8 Å². The number of amides is 5. The van der Waals surface area contributed by atoms with E-state index in [1.165, 1.54) is 4.31 Å². The second-order valence-corrected chi connectivity index (χ2v) is 23.0. The van der Waals surface area contributed by atoms with E-state index in [0.717, 1.165) is 75.3 Å². The smallest absolute Gasteiger partial charge is 0.343 e. The van der Waals surface area contributed by atoms with Crippen molar-refractivity contribution in [3.8, 4) is 0 Å². The van der Waals surface area contributed by atoms with Gasteiger partial charge in [0, 0.05) is 37.5 Å². The number of carbonyl (C=O) groups is 5. The van der Waals surface area contributed by atoms with E-state index >= 15 is 9.59 Å². The van der Waals surface area contributed by atoms with Gasteiger partial charge >= 0.3 is 22.0 Å². The van der Waals surface area contributed by atoms with Gasteiger partial charge in [0.05, 0.1) is 12.0 Å². The van der Waals surface area contributed by atoms with E-state index in [-0.39, 0.29) is 46.6 Å². The Balaban J connectivity index is 1.17. The van der Waals surface area contributed by atoms with Crippen molar-refractivity contribution in [3.05, 3.63) is 12.7 Å². The number of piperidine rings is 1. The van der Waals surface area contributed by atoms with Crippen LogP contribution >= 0.6 is 0 Å². The number of fused-ring (bicyclic) bond motifs is 1. The average Bonchev–Trinajstić information content (AvgIpc) is 3.58. The van der Waals surface area contributed by atoms with Gasteiger partial charge < -0.3 is 15.5 Å². The van der Waals surface area contributed by atoms with Crippen LogP contribution in [0.2, 0.25) is 0 Å². The highest BCUT2D eigenvalue weighted by Crippen LogP contribution is 2.88. The Kier molecular flexibility index (Phi) is 11.9. The van der Waals surface area contributed by atoms with Gasteiger partial charge in [0.15, 0.2) is 6.04 Å². The zero-order valence-electron chi connectivity index (χ0n) is 37.3. The van der Waals surface area contributed by atoms with Crippen molar-refractivity contribution >= 4 is 46.5 Å². The van der Waals surface area contributed by atoms with Crippen LogP contribution < -0.4 is 15.4 Å². The second kappa shape index (κ2) is 15.9. The SMILES string of the molecule is C=CC1CC1(C(=O)NS(=O)(=O)N1CCCC1)[N+](=C)C(=O)C1CC2(CN1C(=O)C(NC(=O)C(NC(=O)C1CCCCN1C(C)C)C1CCCC1)C(C)(C)C)C(C)(C)C21CCC1. The van der Waals surface area contributed by atoms with Crippen LogP contribution in [-0.4, -0.2) is 125 Å². The molecule has 5 amide bonds. The molecule has 7 fully saturated rings. The van der Waals surface area contributed by atoms with Gasteiger partial charge in [0.25, 0.3) is 5.54 Å². The summed E-state index contributed by atoms with van der Waals surface area (Å²) in [4.78, 5) is 77.0. The molecule has 4 aliphatic carbocycles. The van der Waals surface area contributed by atoms with Gasteiger partial charge in [-0.05, 0) is 100 Å². The van der Waals surface area contributed by atoms with E-state index in [4.69, 9.17) is 0 Å². The molecule has 7 aliphatic rings. The van der Waals surface area contributed by atoms with Crippen LogP contribution in [0.5, 0.6) is 0 Å². The molecule has 7 rings (SSSR count). The fourth-order valence-electron chi connectivity index (χ4n) is 12.7. The minimum Gasteiger partial charge on any atom is -0.343 e. The standard InChI is InChI=1S/C45H71N7O7S/c1-10-31-26-45(31,40(57)48-60(58,59)50-23-15-16-24-50)49(9)38(55)33-27-44(42(7,8)43(44)21-17-22-43)28-52(33)39(56)35(41(4,5)6)47-37(54)34(30-18-11-12-19-30)46-36(53)32-20-13-14-25-51(32)29(2)3/h10,29-35H,1,9,11-28H2,2-8H3,(H2-,46,47,48,53,54,57)/p+1. The van der Waals surface area contributed by atoms with Gasteiger partial charge in [-0.3, -0.25) is 24.1 Å². The number of hydrogen-bond acceptors (Lipinski definition) is 8. The maximum absolute atomic E-state index is 15.3. The molecule has 0 radical (unpaired) electrons. The molecular formula is C45H72N7O7S+. The summed E-state index contributed by atoms with van der Waals surface area (Å²) < 4.78 is 31.2. The molecule has 0 aromatic rings. The molecule has 0 aromatic carbocycles. The molecule has 3 heterocycles. The first kappa shape index (κ1) is 44.9. The summed E-state index contributed by atoms with van der Waals surface area (Å²) in [7, 11) is -4.14. The van der Waals surface area contributed by atoms with E-state index in [0.29, 0.717) is 38.9 Å². The highest BCUT2D eigenvalue weighted by atomic mass is 32.2. The summed E-state index contributed by atoms with van der Waals surface area (Å²) in [5.74, 6) is -2.90. The highest BCUT2D eigenvalue weighted by molar-refractivity contribution is 7.87. The topological polar surface area (TPSA) is 168 Å². The van der Waals surface area contributed by atoms with Crippen molar-refractivity contribution in [1.29, 1.82) is 0 Å². The fraction of sp³-hybridized carbons (Fsp3) is 0.822. The van der Waals surface area contributed by atoms with Crippen molar-refractivity contribution in [2.75, 3.05) is 26.2 Å². The molecule has 0 aromatic heterocycles. The molecule has 7 atom stereocenters. The Morgan fingerprint density at radius 2 is 1.45 bits per heavy atom. The predicted octanol–water partition coefficient (Wildman–Crippen LogP) is 3.89. The minimum absolute atomic E-state index is 0.0387. The van der Waals surface area contributed by atoms with Crippen LogP contribution in [0.4, 0.5) is 0 Å². The van der Waals surface area contributed by atoms with Crippen molar-refractivity contribution in [1.82, 2.24) is 29.5 Å². The Hall–Kier alpha value is -3.17. The third-order valence-corrected chi connectivity index (χ3v) is 18.3. The number of nitrogens with zero attached hydrogens (tertiary/aromatic N) is 4. The first-order valence-corrected chi connectivity index (χ1v) is 24.3. The molecule has 2 spiro atoms. The molecule has 3 aliphatic heterocycles. The molecule has 14 nitrogen and oxygen atoms in total. The predicted molar refractivity (Wildman–Crippen MR) is 229 cm³/mol. The van der Waals surface area contributed by atoms with Crippen molar-refractivity contribution in [3.63, 3.8) is 0 Å². The number of nitrogens with one attached hydrogen (secondary N) is 3. The van der Waals surface area contributed by atoms with Gasteiger partial charge in [-0.1, -0.05) is 66.4 Å². The van der Waals surface area contributed by atoms with Crippen LogP contribution in [0, 0.1) is 33.5 Å². The number of rotatable bonds is 13. The summed E-state index contributed by atoms with van der Waals surface area (Å²) in [6.45, 7) is 24.1. The molecule has 60 heavy (non-hydrogen) atoms. The summed E-state index contributed by atoms with van der Waals surface area (Å²) in [6.07, 6.45) is 12.8. The Morgan fingerprint density at radius 3 is 1.98 bits per heavy atom. The van der Waals surface area contributed by atoms with Crippen molar-refractivity contribution < 1.29 is 37.0 Å². The Labute approximate surface area is 358 Å². The molecule has 4 saturated carbocycles. The summed E-state index contributed by atoms with van der Waals surface area (Å²) in [5, 5.41) is 6.32. The summed E-state index contributed by atoms with van der Waals surface area (Å²) in [6, 6.07) is -3.00. The summed E-state index contributed by atoms with van der Waals surface area (Å²) >= 11 is 0. The van der Waals surface area contributed by atoms with Crippen molar-refractivity contribution in [2.24, 2.45) is 33.5 Å². The van der Waals surface area contributed by atoms with Crippen LogP contribution in [0.25, 0.3) is 0 Å². The molecule has 3 N–H and O–H groups in total. The van der Waals surface area contributed by atoms with E-state index in [2.05, 4.69) is 61.2 Å². The maximum Gasteiger partial charge on any atom is 0.409 e. The molecule has 3 saturated heterocycles. The number of likely N-dealkylation sites (tertiary alicyclic amines) is 2. The minimum atomic E-state index is -4.14. The lowest BCUT2D eigenvalue weighted by Crippen LogP contribution is -2.63. The lowest BCUT2D eigenvalue weighted by atomic mass is 9.73. The van der Waals surface area contributed by atoms with Crippen LogP contribution in [0.1, 0.15) is 138 Å². The van der Waals surface area contributed by atoms with E-state index in [1.54, 1.807) is 11.0 Å². The molecular weight excluding hydrogens is 783 g/mol. The maximum atomic E-state index is 15.3. The normalized spacial score (nSPS) is 32.3. The molecule has 0 bridgehead atoms. The monoisotopic (exact) mass is 855 g/mol. The molecule has 7 unspecified atom stereocenters. The van der Waals surface area contributed by atoms with Crippen LogP contribution in [0.3, 0.4) is 0 Å². The van der Waals surface area contributed by atoms with Gasteiger partial charge in [0.1, 0.15) is 18.8 Å².